The minimum Gasteiger partial charge on any atom is -0.392 e. The number of likely N-dealkylation sites (N-methyl/N-ethyl adjacent to an activating group) is 1. The van der Waals surface area contributed by atoms with Crippen LogP contribution in [-0.4, -0.2) is 60.6 Å². The molecule has 1 fully saturated rings. The molecule has 3 heterocycles. The van der Waals surface area contributed by atoms with E-state index in [4.69, 9.17) is 0 Å². The number of rotatable bonds is 5. The number of hydrogen-bond donors (Lipinski definition) is 1. The molecule has 2 aromatic carbocycles. The zero-order valence-corrected chi connectivity index (χ0v) is 20.5. The van der Waals surface area contributed by atoms with Gasteiger partial charge in [0.1, 0.15) is 5.82 Å². The average molecular weight is 495 g/mol. The van der Waals surface area contributed by atoms with Crippen LogP contribution in [0.4, 0.5) is 10.1 Å². The Bertz CT molecular complexity index is 1490. The summed E-state index contributed by atoms with van der Waals surface area (Å²) >= 11 is 0. The van der Waals surface area contributed by atoms with E-state index in [1.54, 1.807) is 18.2 Å². The molecule has 0 bridgehead atoms. The summed E-state index contributed by atoms with van der Waals surface area (Å²) in [6, 6.07) is 13.5. The first-order chi connectivity index (χ1) is 16.8. The van der Waals surface area contributed by atoms with Crippen molar-refractivity contribution in [1.29, 1.82) is 0 Å². The Morgan fingerprint density at radius 2 is 1.71 bits per heavy atom. The fraction of sp³-hybridized carbons (Fsp3) is 0.269. The Hall–Kier alpha value is -3.27. The van der Waals surface area contributed by atoms with Gasteiger partial charge in [0.15, 0.2) is 5.65 Å². The van der Waals surface area contributed by atoms with Gasteiger partial charge in [0.05, 0.1) is 16.9 Å². The minimum absolute atomic E-state index is 0.0198. The second kappa shape index (κ2) is 9.07. The summed E-state index contributed by atoms with van der Waals surface area (Å²) in [5.41, 5.74) is 3.28. The van der Waals surface area contributed by atoms with Crippen molar-refractivity contribution in [2.75, 3.05) is 38.1 Å². The fourth-order valence-electron chi connectivity index (χ4n) is 4.47. The van der Waals surface area contributed by atoms with Crippen LogP contribution in [0.5, 0.6) is 0 Å². The van der Waals surface area contributed by atoms with Gasteiger partial charge in [-0.2, -0.15) is 0 Å². The summed E-state index contributed by atoms with van der Waals surface area (Å²) < 4.78 is 43.0. The van der Waals surface area contributed by atoms with Crippen LogP contribution in [0.1, 0.15) is 11.1 Å². The molecule has 0 amide bonds. The first-order valence-electron chi connectivity index (χ1n) is 11.4. The maximum absolute atomic E-state index is 15.7. The maximum Gasteiger partial charge on any atom is 0.269 e. The number of anilines is 1. The number of aliphatic hydroxyl groups is 1. The van der Waals surface area contributed by atoms with Crippen LogP contribution in [0.2, 0.25) is 0 Å². The average Bonchev–Trinajstić information content (AvgIpc) is 3.31. The number of fused-ring (bicyclic) bond motifs is 1. The van der Waals surface area contributed by atoms with Gasteiger partial charge in [-0.15, -0.1) is 0 Å². The number of pyridine rings is 1. The van der Waals surface area contributed by atoms with Crippen LogP contribution in [0.25, 0.3) is 22.2 Å². The number of benzene rings is 2. The van der Waals surface area contributed by atoms with Crippen LogP contribution < -0.4 is 4.90 Å². The van der Waals surface area contributed by atoms with Gasteiger partial charge in [0.25, 0.3) is 10.0 Å². The lowest BCUT2D eigenvalue weighted by atomic mass is 9.99. The lowest BCUT2D eigenvalue weighted by Gasteiger charge is -2.34. The van der Waals surface area contributed by atoms with Gasteiger partial charge in [0.2, 0.25) is 0 Å². The molecule has 2 aromatic heterocycles. The lowest BCUT2D eigenvalue weighted by molar-refractivity contribution is 0.282. The van der Waals surface area contributed by atoms with E-state index in [0.717, 1.165) is 41.4 Å². The molecule has 0 atom stereocenters. The quantitative estimate of drug-likeness (QED) is 0.457. The highest BCUT2D eigenvalue weighted by Crippen LogP contribution is 2.33. The highest BCUT2D eigenvalue weighted by molar-refractivity contribution is 7.90. The molecule has 7 nitrogen and oxygen atoms in total. The topological polar surface area (TPSA) is 78.7 Å². The highest BCUT2D eigenvalue weighted by atomic mass is 32.2. The molecular weight excluding hydrogens is 467 g/mol. The molecule has 35 heavy (non-hydrogen) atoms. The third-order valence-corrected chi connectivity index (χ3v) is 8.29. The number of aromatic nitrogens is 2. The Labute approximate surface area is 204 Å². The van der Waals surface area contributed by atoms with E-state index >= 15 is 4.39 Å². The lowest BCUT2D eigenvalue weighted by Crippen LogP contribution is -2.44. The number of aliphatic hydroxyl groups excluding tert-OH is 1. The van der Waals surface area contributed by atoms with Crippen molar-refractivity contribution in [1.82, 2.24) is 13.9 Å². The molecule has 1 N–H and O–H groups in total. The zero-order chi connectivity index (χ0) is 24.7. The van der Waals surface area contributed by atoms with Gasteiger partial charge < -0.3 is 14.9 Å². The first kappa shape index (κ1) is 23.5. The van der Waals surface area contributed by atoms with Crippen LogP contribution in [0.15, 0.2) is 65.8 Å². The molecule has 0 spiro atoms. The Morgan fingerprint density at radius 1 is 1.00 bits per heavy atom. The van der Waals surface area contributed by atoms with Gasteiger partial charge in [0, 0.05) is 49.8 Å². The van der Waals surface area contributed by atoms with E-state index in [2.05, 4.69) is 21.8 Å². The van der Waals surface area contributed by atoms with Crippen molar-refractivity contribution in [3.63, 3.8) is 0 Å². The SMILES string of the molecule is Cc1ccc(S(=O)(=O)n2ccc3c(F)c(-c4ccc(N5CCN(C)CC5)cc4CO)cnc32)cc1. The van der Waals surface area contributed by atoms with E-state index in [0.29, 0.717) is 11.1 Å². The van der Waals surface area contributed by atoms with Crippen molar-refractivity contribution in [2.24, 2.45) is 0 Å². The number of piperazine rings is 1. The van der Waals surface area contributed by atoms with E-state index in [1.807, 2.05) is 19.1 Å². The Balaban J connectivity index is 1.54. The number of hydrogen-bond acceptors (Lipinski definition) is 6. The smallest absolute Gasteiger partial charge is 0.269 e. The Morgan fingerprint density at radius 3 is 2.40 bits per heavy atom. The summed E-state index contributed by atoms with van der Waals surface area (Å²) in [5, 5.41) is 10.2. The standard InChI is InChI=1S/C26H27FN4O3S/c1-18-3-6-21(7-4-18)35(33,34)31-10-9-23-25(27)24(16-28-26(23)31)22-8-5-20(15-19(22)17-32)30-13-11-29(2)12-14-30/h3-10,15-16,32H,11-14,17H2,1-2H3. The number of halogens is 1. The monoisotopic (exact) mass is 494 g/mol. The molecule has 9 heteroatoms. The molecule has 0 saturated carbocycles. The van der Waals surface area contributed by atoms with E-state index in [9.17, 15) is 13.5 Å². The van der Waals surface area contributed by atoms with Crippen molar-refractivity contribution < 1.29 is 17.9 Å². The molecule has 182 valence electrons. The number of nitrogens with zero attached hydrogens (tertiary/aromatic N) is 4. The van der Waals surface area contributed by atoms with Crippen LogP contribution >= 0.6 is 0 Å². The molecule has 0 radical (unpaired) electrons. The largest absolute Gasteiger partial charge is 0.392 e. The molecule has 4 aromatic rings. The van der Waals surface area contributed by atoms with Gasteiger partial charge in [-0.3, -0.25) is 0 Å². The third-order valence-electron chi connectivity index (χ3n) is 6.61. The van der Waals surface area contributed by atoms with Crippen molar-refractivity contribution >= 4 is 26.7 Å². The van der Waals surface area contributed by atoms with E-state index < -0.39 is 15.8 Å². The molecule has 1 aliphatic heterocycles. The molecule has 5 rings (SSSR count). The van der Waals surface area contributed by atoms with Gasteiger partial charge >= 0.3 is 0 Å². The molecule has 0 unspecified atom stereocenters. The van der Waals surface area contributed by atoms with E-state index in [1.165, 1.54) is 30.6 Å². The van der Waals surface area contributed by atoms with Gasteiger partial charge in [-0.1, -0.05) is 23.8 Å². The van der Waals surface area contributed by atoms with E-state index in [-0.39, 0.29) is 28.1 Å². The molecular formula is C26H27FN4O3S. The zero-order valence-electron chi connectivity index (χ0n) is 19.6. The Kier molecular flexibility index (Phi) is 6.08. The summed E-state index contributed by atoms with van der Waals surface area (Å²) in [4.78, 5) is 8.95. The van der Waals surface area contributed by atoms with Gasteiger partial charge in [-0.05, 0) is 55.4 Å². The summed E-state index contributed by atoms with van der Waals surface area (Å²) in [7, 11) is -1.84. The molecule has 1 saturated heterocycles. The fourth-order valence-corrected chi connectivity index (χ4v) is 5.77. The molecule has 0 aliphatic carbocycles. The van der Waals surface area contributed by atoms with Crippen molar-refractivity contribution in [2.45, 2.75) is 18.4 Å². The predicted molar refractivity (Wildman–Crippen MR) is 135 cm³/mol. The first-order valence-corrected chi connectivity index (χ1v) is 12.9. The second-order valence-corrected chi connectivity index (χ2v) is 10.8. The van der Waals surface area contributed by atoms with Crippen LogP contribution in [-0.2, 0) is 16.6 Å². The second-order valence-electron chi connectivity index (χ2n) is 8.94. The predicted octanol–water partition coefficient (Wildman–Crippen LogP) is 3.63. The summed E-state index contributed by atoms with van der Waals surface area (Å²) in [6.07, 6.45) is 2.66. The molecule has 1 aliphatic rings. The van der Waals surface area contributed by atoms with Crippen molar-refractivity contribution in [3.05, 3.63) is 77.9 Å². The van der Waals surface area contributed by atoms with Crippen molar-refractivity contribution in [3.8, 4) is 11.1 Å². The normalized spacial score (nSPS) is 15.1. The third kappa shape index (κ3) is 4.20. The maximum atomic E-state index is 15.7. The summed E-state index contributed by atoms with van der Waals surface area (Å²) in [5.74, 6) is -0.574. The summed E-state index contributed by atoms with van der Waals surface area (Å²) in [6.45, 7) is 5.29. The van der Waals surface area contributed by atoms with Crippen LogP contribution in [0, 0.1) is 12.7 Å². The highest BCUT2D eigenvalue weighted by Gasteiger charge is 2.23. The number of aryl methyl sites for hydroxylation is 1. The minimum atomic E-state index is -3.93. The van der Waals surface area contributed by atoms with Gasteiger partial charge in [-0.25, -0.2) is 21.8 Å². The van der Waals surface area contributed by atoms with Crippen LogP contribution in [0.3, 0.4) is 0 Å².